The quantitative estimate of drug-likeness (QED) is 0.329. The molecule has 3 rings (SSSR count). The predicted octanol–water partition coefficient (Wildman–Crippen LogP) is 4.38. The van der Waals surface area contributed by atoms with Crippen molar-refractivity contribution in [1.82, 2.24) is 10.2 Å². The highest BCUT2D eigenvalue weighted by molar-refractivity contribution is 6.31. The summed E-state index contributed by atoms with van der Waals surface area (Å²) in [4.78, 5) is 37.4. The number of amides is 2. The van der Waals surface area contributed by atoms with Crippen LogP contribution in [0.4, 0.5) is 11.4 Å². The maximum Gasteiger partial charge on any atom is 0.293 e. The van der Waals surface area contributed by atoms with Gasteiger partial charge in [0.15, 0.2) is 0 Å². The van der Waals surface area contributed by atoms with Gasteiger partial charge < -0.3 is 15.5 Å². The molecule has 1 saturated heterocycles. The molecule has 0 spiro atoms. The SMILES string of the molecule is O=C(NCCCN1CCCCCC1=O)c1ccc(NCc2ccccc2Cl)c([N+](=O)[O-])c1. The average Bonchev–Trinajstić information content (AvgIpc) is 2.99. The summed E-state index contributed by atoms with van der Waals surface area (Å²) < 4.78 is 0. The lowest BCUT2D eigenvalue weighted by Crippen LogP contribution is -2.34. The highest BCUT2D eigenvalue weighted by atomic mass is 35.5. The van der Waals surface area contributed by atoms with Crippen molar-refractivity contribution in [3.8, 4) is 0 Å². The average molecular weight is 459 g/mol. The molecule has 2 amide bonds. The Hall–Kier alpha value is -3.13. The number of carbonyl (C=O) groups excluding carboxylic acids is 2. The van der Waals surface area contributed by atoms with E-state index < -0.39 is 4.92 Å². The Bertz CT molecular complexity index is 982. The fraction of sp³-hybridized carbons (Fsp3) is 0.391. The van der Waals surface area contributed by atoms with Crippen molar-refractivity contribution in [2.45, 2.75) is 38.6 Å². The Morgan fingerprint density at radius 1 is 1.16 bits per heavy atom. The van der Waals surface area contributed by atoms with Gasteiger partial charge >= 0.3 is 0 Å². The maximum atomic E-state index is 12.5. The van der Waals surface area contributed by atoms with Gasteiger partial charge in [0.25, 0.3) is 11.6 Å². The first kappa shape index (κ1) is 23.5. The lowest BCUT2D eigenvalue weighted by atomic mass is 10.1. The number of nitrogens with one attached hydrogen (secondary N) is 2. The molecule has 2 aromatic rings. The molecule has 0 bridgehead atoms. The first-order valence-electron chi connectivity index (χ1n) is 10.8. The van der Waals surface area contributed by atoms with Gasteiger partial charge in [-0.25, -0.2) is 0 Å². The lowest BCUT2D eigenvalue weighted by molar-refractivity contribution is -0.384. The summed E-state index contributed by atoms with van der Waals surface area (Å²) in [7, 11) is 0. The second-order valence-corrected chi connectivity index (χ2v) is 8.14. The number of nitro benzene ring substituents is 1. The molecule has 2 N–H and O–H groups in total. The van der Waals surface area contributed by atoms with Crippen molar-refractivity contribution < 1.29 is 14.5 Å². The van der Waals surface area contributed by atoms with Crippen LogP contribution in [0.15, 0.2) is 42.5 Å². The van der Waals surface area contributed by atoms with Gasteiger partial charge in [-0.05, 0) is 43.0 Å². The van der Waals surface area contributed by atoms with Gasteiger partial charge in [-0.1, -0.05) is 36.2 Å². The number of likely N-dealkylation sites (tertiary alicyclic amines) is 1. The van der Waals surface area contributed by atoms with Gasteiger partial charge in [0.1, 0.15) is 5.69 Å². The molecule has 0 unspecified atom stereocenters. The number of carbonyl (C=O) groups is 2. The second-order valence-electron chi connectivity index (χ2n) is 7.73. The summed E-state index contributed by atoms with van der Waals surface area (Å²) in [5, 5.41) is 17.9. The third kappa shape index (κ3) is 6.43. The van der Waals surface area contributed by atoms with Gasteiger partial charge in [-0.15, -0.1) is 0 Å². The fourth-order valence-electron chi connectivity index (χ4n) is 3.65. The molecule has 8 nitrogen and oxygen atoms in total. The van der Waals surface area contributed by atoms with Gasteiger partial charge in [0.2, 0.25) is 5.91 Å². The second kappa shape index (κ2) is 11.5. The molecule has 1 aliphatic rings. The molecule has 0 radical (unpaired) electrons. The van der Waals surface area contributed by atoms with Crippen LogP contribution >= 0.6 is 11.6 Å². The van der Waals surface area contributed by atoms with Crippen molar-refractivity contribution in [2.75, 3.05) is 25.0 Å². The van der Waals surface area contributed by atoms with Crippen LogP contribution in [0.5, 0.6) is 0 Å². The molecule has 0 aromatic heterocycles. The Morgan fingerprint density at radius 2 is 1.97 bits per heavy atom. The zero-order valence-corrected chi connectivity index (χ0v) is 18.6. The lowest BCUT2D eigenvalue weighted by Gasteiger charge is -2.20. The predicted molar refractivity (Wildman–Crippen MR) is 124 cm³/mol. The van der Waals surface area contributed by atoms with Crippen LogP contribution < -0.4 is 10.6 Å². The number of rotatable bonds is 9. The van der Waals surface area contributed by atoms with E-state index in [2.05, 4.69) is 10.6 Å². The van der Waals surface area contributed by atoms with E-state index in [-0.39, 0.29) is 23.1 Å². The molecule has 1 fully saturated rings. The van der Waals surface area contributed by atoms with Crippen molar-refractivity contribution in [2.24, 2.45) is 0 Å². The molecule has 1 aliphatic heterocycles. The van der Waals surface area contributed by atoms with Gasteiger partial charge in [-0.3, -0.25) is 19.7 Å². The zero-order chi connectivity index (χ0) is 22.9. The Kier molecular flexibility index (Phi) is 8.44. The summed E-state index contributed by atoms with van der Waals surface area (Å²) >= 11 is 6.14. The minimum atomic E-state index is -0.517. The van der Waals surface area contributed by atoms with E-state index in [0.717, 1.165) is 31.4 Å². The van der Waals surface area contributed by atoms with Crippen LogP contribution in [0.25, 0.3) is 0 Å². The third-order valence-electron chi connectivity index (χ3n) is 5.45. The molecule has 0 aliphatic carbocycles. The van der Waals surface area contributed by atoms with Crippen LogP contribution in [0, 0.1) is 10.1 Å². The summed E-state index contributed by atoms with van der Waals surface area (Å²) in [6.45, 7) is 2.08. The molecule has 0 saturated carbocycles. The number of hydrogen-bond acceptors (Lipinski definition) is 5. The van der Waals surface area contributed by atoms with E-state index in [4.69, 9.17) is 11.6 Å². The Labute approximate surface area is 192 Å². The minimum Gasteiger partial charge on any atom is -0.375 e. The van der Waals surface area contributed by atoms with Crippen molar-refractivity contribution >= 4 is 34.8 Å². The van der Waals surface area contributed by atoms with E-state index in [9.17, 15) is 19.7 Å². The molecular weight excluding hydrogens is 432 g/mol. The fourth-order valence-corrected chi connectivity index (χ4v) is 3.86. The summed E-state index contributed by atoms with van der Waals surface area (Å²) in [5.74, 6) is -0.211. The first-order valence-corrected chi connectivity index (χ1v) is 11.1. The number of halogens is 1. The van der Waals surface area contributed by atoms with Crippen molar-refractivity contribution in [1.29, 1.82) is 0 Å². The van der Waals surface area contributed by atoms with Crippen LogP contribution in [0.3, 0.4) is 0 Å². The molecule has 0 atom stereocenters. The monoisotopic (exact) mass is 458 g/mol. The smallest absolute Gasteiger partial charge is 0.293 e. The standard InChI is InChI=1S/C23H27ClN4O4/c24-19-8-4-3-7-18(19)16-26-20-11-10-17(15-21(20)28(31)32)23(30)25-12-6-14-27-13-5-1-2-9-22(27)29/h3-4,7-8,10-11,15,26H,1-2,5-6,9,12-14,16H2,(H,25,30). The number of benzene rings is 2. The van der Waals surface area contributed by atoms with Crippen LogP contribution in [-0.4, -0.2) is 41.3 Å². The number of hydrogen-bond donors (Lipinski definition) is 2. The van der Waals surface area contributed by atoms with E-state index in [1.807, 2.05) is 23.1 Å². The first-order chi connectivity index (χ1) is 15.5. The number of nitrogens with zero attached hydrogens (tertiary/aromatic N) is 2. The van der Waals surface area contributed by atoms with Crippen LogP contribution in [0.1, 0.15) is 48.0 Å². The minimum absolute atomic E-state index is 0.171. The highest BCUT2D eigenvalue weighted by Crippen LogP contribution is 2.27. The Balaban J connectivity index is 1.55. The molecule has 1 heterocycles. The molecule has 170 valence electrons. The van der Waals surface area contributed by atoms with Gasteiger partial charge in [-0.2, -0.15) is 0 Å². The molecular formula is C23H27ClN4O4. The normalized spacial score (nSPS) is 14.0. The van der Waals surface area contributed by atoms with E-state index in [1.165, 1.54) is 12.1 Å². The number of anilines is 1. The van der Waals surface area contributed by atoms with Crippen molar-refractivity contribution in [3.63, 3.8) is 0 Å². The number of nitro groups is 1. The van der Waals surface area contributed by atoms with Crippen molar-refractivity contribution in [3.05, 3.63) is 68.7 Å². The summed E-state index contributed by atoms with van der Waals surface area (Å²) in [6.07, 6.45) is 4.25. The van der Waals surface area contributed by atoms with E-state index >= 15 is 0 Å². The van der Waals surface area contributed by atoms with Crippen LogP contribution in [0.2, 0.25) is 5.02 Å². The van der Waals surface area contributed by atoms with E-state index in [0.29, 0.717) is 43.2 Å². The molecule has 9 heteroatoms. The summed E-state index contributed by atoms with van der Waals surface area (Å²) in [6, 6.07) is 11.6. The van der Waals surface area contributed by atoms with Gasteiger partial charge in [0.05, 0.1) is 4.92 Å². The maximum absolute atomic E-state index is 12.5. The molecule has 32 heavy (non-hydrogen) atoms. The van der Waals surface area contributed by atoms with Crippen LogP contribution in [-0.2, 0) is 11.3 Å². The largest absolute Gasteiger partial charge is 0.375 e. The highest BCUT2D eigenvalue weighted by Gasteiger charge is 2.19. The summed E-state index contributed by atoms with van der Waals surface area (Å²) in [5.41, 5.74) is 1.16. The zero-order valence-electron chi connectivity index (χ0n) is 17.8. The van der Waals surface area contributed by atoms with Gasteiger partial charge in [0, 0.05) is 49.3 Å². The van der Waals surface area contributed by atoms with E-state index in [1.54, 1.807) is 12.1 Å². The Morgan fingerprint density at radius 3 is 2.75 bits per heavy atom. The third-order valence-corrected chi connectivity index (χ3v) is 5.81. The topological polar surface area (TPSA) is 105 Å². The molecule has 2 aromatic carbocycles.